The zero-order chi connectivity index (χ0) is 13.0. The molecule has 5 heteroatoms. The Morgan fingerprint density at radius 2 is 2.00 bits per heavy atom. The van der Waals surface area contributed by atoms with Crippen LogP contribution in [-0.4, -0.2) is 14.2 Å². The highest BCUT2D eigenvalue weighted by Crippen LogP contribution is 2.22. The lowest BCUT2D eigenvalue weighted by atomic mass is 10.3. The fraction of sp³-hybridized carbons (Fsp3) is 0.231. The third-order valence-corrected chi connectivity index (χ3v) is 4.45. The van der Waals surface area contributed by atoms with Crippen LogP contribution in [0.5, 0.6) is 0 Å². The summed E-state index contributed by atoms with van der Waals surface area (Å²) < 4.78 is 28.8. The first-order chi connectivity index (χ1) is 8.63. The van der Waals surface area contributed by atoms with Gasteiger partial charge in [-0.05, 0) is 18.2 Å². The Bertz CT molecular complexity index is 603. The van der Waals surface area contributed by atoms with Gasteiger partial charge in [-0.25, -0.2) is 8.42 Å². The van der Waals surface area contributed by atoms with Crippen molar-refractivity contribution in [3.05, 3.63) is 48.4 Å². The summed E-state index contributed by atoms with van der Waals surface area (Å²) in [5.41, 5.74) is 1.60. The maximum Gasteiger partial charge on any atom is 0.180 e. The molecule has 1 aromatic heterocycles. The minimum Gasteiger partial charge on any atom is -0.472 e. The highest BCUT2D eigenvalue weighted by atomic mass is 32.2. The van der Waals surface area contributed by atoms with Gasteiger partial charge in [-0.1, -0.05) is 19.1 Å². The lowest BCUT2D eigenvalue weighted by Gasteiger charge is -2.10. The summed E-state index contributed by atoms with van der Waals surface area (Å²) in [6.07, 6.45) is 3.22. The molecule has 2 aromatic rings. The molecule has 0 aliphatic heterocycles. The maximum atomic E-state index is 11.9. The monoisotopic (exact) mass is 265 g/mol. The van der Waals surface area contributed by atoms with Crippen LogP contribution in [0, 0.1) is 0 Å². The lowest BCUT2D eigenvalue weighted by molar-refractivity contribution is 0.564. The molecule has 1 heterocycles. The number of benzene rings is 1. The van der Waals surface area contributed by atoms with Crippen molar-refractivity contribution in [3.63, 3.8) is 0 Å². The third-order valence-electron chi connectivity index (χ3n) is 2.67. The second kappa shape index (κ2) is 5.27. The van der Waals surface area contributed by atoms with E-state index in [0.29, 0.717) is 17.1 Å². The minimum absolute atomic E-state index is 0.0946. The summed E-state index contributed by atoms with van der Waals surface area (Å²) in [7, 11) is -3.21. The SMILES string of the molecule is CCS(=O)(=O)c1ccccc1NCc1ccoc1. The van der Waals surface area contributed by atoms with Gasteiger partial charge in [0.25, 0.3) is 0 Å². The number of para-hydroxylation sites is 1. The molecule has 0 atom stereocenters. The van der Waals surface area contributed by atoms with E-state index in [1.54, 1.807) is 37.6 Å². The van der Waals surface area contributed by atoms with E-state index in [-0.39, 0.29) is 5.75 Å². The summed E-state index contributed by atoms with van der Waals surface area (Å²) in [6, 6.07) is 8.76. The van der Waals surface area contributed by atoms with E-state index < -0.39 is 9.84 Å². The number of anilines is 1. The van der Waals surface area contributed by atoms with E-state index in [1.807, 2.05) is 12.1 Å². The van der Waals surface area contributed by atoms with Crippen LogP contribution in [0.2, 0.25) is 0 Å². The first-order valence-electron chi connectivity index (χ1n) is 5.70. The first kappa shape index (κ1) is 12.7. The van der Waals surface area contributed by atoms with Crippen molar-refractivity contribution in [3.8, 4) is 0 Å². The Balaban J connectivity index is 2.23. The summed E-state index contributed by atoms with van der Waals surface area (Å²) in [5.74, 6) is 0.0946. The Kier molecular flexibility index (Phi) is 3.72. The molecule has 96 valence electrons. The normalized spacial score (nSPS) is 11.4. The Morgan fingerprint density at radius 3 is 2.67 bits per heavy atom. The topological polar surface area (TPSA) is 59.3 Å². The zero-order valence-corrected chi connectivity index (χ0v) is 10.9. The molecule has 0 fully saturated rings. The molecule has 2 rings (SSSR count). The number of furan rings is 1. The molecular weight excluding hydrogens is 250 g/mol. The molecule has 0 spiro atoms. The Morgan fingerprint density at radius 1 is 1.22 bits per heavy atom. The van der Waals surface area contributed by atoms with Gasteiger partial charge in [0.05, 0.1) is 28.9 Å². The standard InChI is InChI=1S/C13H15NO3S/c1-2-18(15,16)13-6-4-3-5-12(13)14-9-11-7-8-17-10-11/h3-8,10,14H,2,9H2,1H3. The lowest BCUT2D eigenvalue weighted by Crippen LogP contribution is -2.08. The fourth-order valence-electron chi connectivity index (χ4n) is 1.63. The quantitative estimate of drug-likeness (QED) is 0.903. The van der Waals surface area contributed by atoms with Crippen LogP contribution < -0.4 is 5.32 Å². The van der Waals surface area contributed by atoms with Gasteiger partial charge in [-0.15, -0.1) is 0 Å². The number of hydrogen-bond acceptors (Lipinski definition) is 4. The van der Waals surface area contributed by atoms with Gasteiger partial charge in [0.1, 0.15) is 0 Å². The van der Waals surface area contributed by atoms with Crippen LogP contribution in [0.15, 0.2) is 52.2 Å². The van der Waals surface area contributed by atoms with Crippen molar-refractivity contribution in [2.24, 2.45) is 0 Å². The Labute approximate surface area is 107 Å². The molecular formula is C13H15NO3S. The molecule has 0 saturated heterocycles. The predicted molar refractivity (Wildman–Crippen MR) is 70.2 cm³/mol. The van der Waals surface area contributed by atoms with Gasteiger partial charge in [-0.2, -0.15) is 0 Å². The molecule has 4 nitrogen and oxygen atoms in total. The molecule has 1 aromatic carbocycles. The third kappa shape index (κ3) is 2.73. The van der Waals surface area contributed by atoms with E-state index in [4.69, 9.17) is 4.42 Å². The number of nitrogens with one attached hydrogen (secondary N) is 1. The van der Waals surface area contributed by atoms with Gasteiger partial charge in [-0.3, -0.25) is 0 Å². The molecule has 0 aliphatic rings. The van der Waals surface area contributed by atoms with Gasteiger partial charge in [0.15, 0.2) is 9.84 Å². The van der Waals surface area contributed by atoms with E-state index in [1.165, 1.54) is 0 Å². The fourth-order valence-corrected chi connectivity index (χ4v) is 2.70. The summed E-state index contributed by atoms with van der Waals surface area (Å²) in [5, 5.41) is 3.12. The average molecular weight is 265 g/mol. The van der Waals surface area contributed by atoms with Crippen LogP contribution in [0.25, 0.3) is 0 Å². The van der Waals surface area contributed by atoms with Crippen molar-refractivity contribution < 1.29 is 12.8 Å². The molecule has 0 amide bonds. The zero-order valence-electron chi connectivity index (χ0n) is 10.1. The van der Waals surface area contributed by atoms with Crippen molar-refractivity contribution in [2.45, 2.75) is 18.4 Å². The van der Waals surface area contributed by atoms with Crippen LogP contribution >= 0.6 is 0 Å². The second-order valence-corrected chi connectivity index (χ2v) is 6.13. The van der Waals surface area contributed by atoms with Gasteiger partial charge in [0.2, 0.25) is 0 Å². The molecule has 0 bridgehead atoms. The van der Waals surface area contributed by atoms with Gasteiger partial charge in [0, 0.05) is 12.1 Å². The number of hydrogen-bond donors (Lipinski definition) is 1. The van der Waals surface area contributed by atoms with Gasteiger partial charge >= 0.3 is 0 Å². The van der Waals surface area contributed by atoms with E-state index >= 15 is 0 Å². The van der Waals surface area contributed by atoms with Crippen LogP contribution in [-0.2, 0) is 16.4 Å². The summed E-state index contributed by atoms with van der Waals surface area (Å²) in [6.45, 7) is 2.18. The van der Waals surface area contributed by atoms with Gasteiger partial charge < -0.3 is 9.73 Å². The summed E-state index contributed by atoms with van der Waals surface area (Å²) >= 11 is 0. The number of sulfone groups is 1. The van der Waals surface area contributed by atoms with E-state index in [0.717, 1.165) is 5.56 Å². The van der Waals surface area contributed by atoms with Crippen molar-refractivity contribution in [1.82, 2.24) is 0 Å². The first-order valence-corrected chi connectivity index (χ1v) is 7.35. The average Bonchev–Trinajstić information content (AvgIpc) is 2.90. The van der Waals surface area contributed by atoms with E-state index in [9.17, 15) is 8.42 Å². The predicted octanol–water partition coefficient (Wildman–Crippen LogP) is 2.69. The van der Waals surface area contributed by atoms with Crippen molar-refractivity contribution >= 4 is 15.5 Å². The van der Waals surface area contributed by atoms with E-state index in [2.05, 4.69) is 5.32 Å². The molecule has 1 N–H and O–H groups in total. The van der Waals surface area contributed by atoms with Crippen molar-refractivity contribution in [2.75, 3.05) is 11.1 Å². The van der Waals surface area contributed by atoms with Crippen LogP contribution in [0.4, 0.5) is 5.69 Å². The van der Waals surface area contributed by atoms with Crippen LogP contribution in [0.1, 0.15) is 12.5 Å². The van der Waals surface area contributed by atoms with Crippen molar-refractivity contribution in [1.29, 1.82) is 0 Å². The highest BCUT2D eigenvalue weighted by molar-refractivity contribution is 7.91. The largest absolute Gasteiger partial charge is 0.472 e. The Hall–Kier alpha value is -1.75. The molecule has 0 radical (unpaired) electrons. The van der Waals surface area contributed by atoms with Crippen LogP contribution in [0.3, 0.4) is 0 Å². The smallest absolute Gasteiger partial charge is 0.180 e. The second-order valence-electron chi connectivity index (χ2n) is 3.88. The minimum atomic E-state index is -3.21. The molecule has 0 unspecified atom stereocenters. The molecule has 0 saturated carbocycles. The maximum absolute atomic E-state index is 11.9. The molecule has 18 heavy (non-hydrogen) atoms. The summed E-state index contributed by atoms with van der Waals surface area (Å²) in [4.78, 5) is 0.344. The number of rotatable bonds is 5. The molecule has 0 aliphatic carbocycles. The highest BCUT2D eigenvalue weighted by Gasteiger charge is 2.15.